The molecule has 2 N–H and O–H groups in total. The third-order valence-electron chi connectivity index (χ3n) is 1.59. The molecule has 12 heavy (non-hydrogen) atoms. The molecule has 0 heterocycles. The molecular formula is C9H19O3. The number of aliphatic hydroxyl groups is 2. The summed E-state index contributed by atoms with van der Waals surface area (Å²) < 4.78 is 5.09. The summed E-state index contributed by atoms with van der Waals surface area (Å²) >= 11 is 0. The van der Waals surface area contributed by atoms with E-state index in [4.69, 9.17) is 9.84 Å². The summed E-state index contributed by atoms with van der Waals surface area (Å²) in [5, 5.41) is 17.5. The number of aliphatic hydroxyl groups excluding tert-OH is 2. The highest BCUT2D eigenvalue weighted by Crippen LogP contribution is 2.03. The van der Waals surface area contributed by atoms with Gasteiger partial charge in [0.05, 0.1) is 6.61 Å². The summed E-state index contributed by atoms with van der Waals surface area (Å²) in [4.78, 5) is 0. The summed E-state index contributed by atoms with van der Waals surface area (Å²) in [7, 11) is 0. The first-order valence-electron chi connectivity index (χ1n) is 4.56. The Morgan fingerprint density at radius 1 is 1.42 bits per heavy atom. The van der Waals surface area contributed by atoms with Crippen LogP contribution in [-0.2, 0) is 4.74 Å². The SMILES string of the molecule is CCCCOC(O)CCC[CH]O. The van der Waals surface area contributed by atoms with Gasteiger partial charge in [-0.1, -0.05) is 13.3 Å². The standard InChI is InChI=1S/C9H19O3/c1-2-3-8-12-9(11)6-4-5-7-10/h7,9-11H,2-6,8H2,1H3. The number of rotatable bonds is 8. The van der Waals surface area contributed by atoms with Crippen molar-refractivity contribution in [2.75, 3.05) is 6.61 Å². The lowest BCUT2D eigenvalue weighted by Gasteiger charge is -2.10. The maximum atomic E-state index is 9.18. The van der Waals surface area contributed by atoms with Gasteiger partial charge in [-0.2, -0.15) is 0 Å². The van der Waals surface area contributed by atoms with Crippen LogP contribution in [0.3, 0.4) is 0 Å². The van der Waals surface area contributed by atoms with E-state index in [-0.39, 0.29) is 0 Å². The molecular weight excluding hydrogens is 156 g/mol. The van der Waals surface area contributed by atoms with Crippen molar-refractivity contribution in [2.45, 2.75) is 45.3 Å². The fourth-order valence-electron chi connectivity index (χ4n) is 0.831. The van der Waals surface area contributed by atoms with Gasteiger partial charge >= 0.3 is 0 Å². The molecule has 0 aromatic rings. The molecule has 0 fully saturated rings. The van der Waals surface area contributed by atoms with Gasteiger partial charge in [-0.3, -0.25) is 0 Å². The minimum Gasteiger partial charge on any atom is -0.390 e. The van der Waals surface area contributed by atoms with Gasteiger partial charge in [0.1, 0.15) is 0 Å². The highest BCUT2D eigenvalue weighted by Gasteiger charge is 2.02. The summed E-state index contributed by atoms with van der Waals surface area (Å²) in [5.74, 6) is 0. The van der Waals surface area contributed by atoms with Crippen molar-refractivity contribution in [3.8, 4) is 0 Å². The summed E-state index contributed by atoms with van der Waals surface area (Å²) in [5.41, 5.74) is 0. The van der Waals surface area contributed by atoms with E-state index in [0.717, 1.165) is 25.9 Å². The predicted molar refractivity (Wildman–Crippen MR) is 47.0 cm³/mol. The molecule has 0 aromatic carbocycles. The summed E-state index contributed by atoms with van der Waals surface area (Å²) in [6.45, 7) is 3.82. The van der Waals surface area contributed by atoms with E-state index in [2.05, 4.69) is 6.92 Å². The van der Waals surface area contributed by atoms with E-state index in [1.807, 2.05) is 0 Å². The molecule has 0 saturated carbocycles. The van der Waals surface area contributed by atoms with Crippen LogP contribution >= 0.6 is 0 Å². The highest BCUT2D eigenvalue weighted by atomic mass is 16.6. The number of unbranched alkanes of at least 4 members (excludes halogenated alkanes) is 2. The molecule has 1 radical (unpaired) electrons. The van der Waals surface area contributed by atoms with Crippen LogP contribution in [0.15, 0.2) is 0 Å². The average Bonchev–Trinajstić information content (AvgIpc) is 2.06. The van der Waals surface area contributed by atoms with Crippen LogP contribution in [0.5, 0.6) is 0 Å². The third-order valence-corrected chi connectivity index (χ3v) is 1.59. The van der Waals surface area contributed by atoms with Gasteiger partial charge in [0.25, 0.3) is 0 Å². The van der Waals surface area contributed by atoms with Crippen LogP contribution in [0.1, 0.15) is 39.0 Å². The quantitative estimate of drug-likeness (QED) is 0.437. The van der Waals surface area contributed by atoms with Crippen LogP contribution < -0.4 is 0 Å². The molecule has 0 aromatic heterocycles. The van der Waals surface area contributed by atoms with Crippen molar-refractivity contribution < 1.29 is 14.9 Å². The lowest BCUT2D eigenvalue weighted by molar-refractivity contribution is -0.104. The van der Waals surface area contributed by atoms with Crippen LogP contribution in [0.4, 0.5) is 0 Å². The second kappa shape index (κ2) is 8.97. The Hall–Kier alpha value is -0.120. The molecule has 0 aliphatic rings. The molecule has 0 spiro atoms. The molecule has 0 amide bonds. The normalized spacial score (nSPS) is 13.2. The van der Waals surface area contributed by atoms with Crippen molar-refractivity contribution >= 4 is 0 Å². The lowest BCUT2D eigenvalue weighted by Crippen LogP contribution is -2.12. The largest absolute Gasteiger partial charge is 0.390 e. The number of hydrogen-bond donors (Lipinski definition) is 2. The van der Waals surface area contributed by atoms with Crippen LogP contribution in [0, 0.1) is 6.61 Å². The van der Waals surface area contributed by atoms with Gasteiger partial charge in [-0.25, -0.2) is 0 Å². The maximum Gasteiger partial charge on any atom is 0.154 e. The van der Waals surface area contributed by atoms with Gasteiger partial charge in [0.15, 0.2) is 6.29 Å². The van der Waals surface area contributed by atoms with E-state index >= 15 is 0 Å². The Bertz CT molecular complexity index is 75.8. The van der Waals surface area contributed by atoms with E-state index in [1.165, 1.54) is 0 Å². The van der Waals surface area contributed by atoms with E-state index in [1.54, 1.807) is 0 Å². The molecule has 0 saturated heterocycles. The van der Waals surface area contributed by atoms with Crippen LogP contribution in [-0.4, -0.2) is 23.1 Å². The van der Waals surface area contributed by atoms with Crippen molar-refractivity contribution in [1.29, 1.82) is 0 Å². The molecule has 3 heteroatoms. The monoisotopic (exact) mass is 175 g/mol. The van der Waals surface area contributed by atoms with Crippen LogP contribution in [0.2, 0.25) is 0 Å². The third kappa shape index (κ3) is 7.98. The zero-order chi connectivity index (χ0) is 9.23. The minimum atomic E-state index is -0.656. The van der Waals surface area contributed by atoms with Gasteiger partial charge in [0, 0.05) is 6.61 Å². The van der Waals surface area contributed by atoms with E-state index in [0.29, 0.717) is 19.4 Å². The Kier molecular flexibility index (Phi) is 8.88. The Balaban J connectivity index is 3.04. The second-order valence-electron chi connectivity index (χ2n) is 2.79. The lowest BCUT2D eigenvalue weighted by atomic mass is 10.2. The van der Waals surface area contributed by atoms with E-state index in [9.17, 15) is 5.11 Å². The Morgan fingerprint density at radius 3 is 2.75 bits per heavy atom. The molecule has 0 rings (SSSR count). The Labute approximate surface area is 74.4 Å². The smallest absolute Gasteiger partial charge is 0.154 e. The van der Waals surface area contributed by atoms with E-state index < -0.39 is 6.29 Å². The van der Waals surface area contributed by atoms with Crippen molar-refractivity contribution in [1.82, 2.24) is 0 Å². The number of ether oxygens (including phenoxy) is 1. The fourth-order valence-corrected chi connectivity index (χ4v) is 0.831. The topological polar surface area (TPSA) is 49.7 Å². The molecule has 0 aliphatic carbocycles. The van der Waals surface area contributed by atoms with Gasteiger partial charge in [-0.05, 0) is 25.7 Å². The first-order chi connectivity index (χ1) is 5.81. The van der Waals surface area contributed by atoms with Gasteiger partial charge in [-0.15, -0.1) is 0 Å². The molecule has 1 unspecified atom stereocenters. The minimum absolute atomic E-state index is 0.598. The first-order valence-corrected chi connectivity index (χ1v) is 4.56. The van der Waals surface area contributed by atoms with Crippen molar-refractivity contribution in [2.24, 2.45) is 0 Å². The summed E-state index contributed by atoms with van der Waals surface area (Å²) in [6, 6.07) is 0. The Morgan fingerprint density at radius 2 is 2.17 bits per heavy atom. The molecule has 3 nitrogen and oxygen atoms in total. The molecule has 73 valence electrons. The predicted octanol–water partition coefficient (Wildman–Crippen LogP) is 1.83. The zero-order valence-electron chi connectivity index (χ0n) is 7.70. The van der Waals surface area contributed by atoms with Gasteiger partial charge < -0.3 is 14.9 Å². The van der Waals surface area contributed by atoms with Gasteiger partial charge in [0.2, 0.25) is 0 Å². The maximum absolute atomic E-state index is 9.18. The first kappa shape index (κ1) is 11.9. The van der Waals surface area contributed by atoms with Crippen LogP contribution in [0.25, 0.3) is 0 Å². The fraction of sp³-hybridized carbons (Fsp3) is 0.889. The van der Waals surface area contributed by atoms with Crippen molar-refractivity contribution in [3.05, 3.63) is 6.61 Å². The molecule has 0 bridgehead atoms. The molecule has 0 aliphatic heterocycles. The average molecular weight is 175 g/mol. The number of hydrogen-bond acceptors (Lipinski definition) is 3. The zero-order valence-corrected chi connectivity index (χ0v) is 7.70. The molecule has 1 atom stereocenters. The second-order valence-corrected chi connectivity index (χ2v) is 2.79. The van der Waals surface area contributed by atoms with Crippen molar-refractivity contribution in [3.63, 3.8) is 0 Å². The highest BCUT2D eigenvalue weighted by molar-refractivity contribution is 4.50. The summed E-state index contributed by atoms with van der Waals surface area (Å²) in [6.07, 6.45) is 3.40.